The smallest absolute Gasteiger partial charge is 0.221 e. The number of alkyl halides is 1. The van der Waals surface area contributed by atoms with Crippen molar-refractivity contribution in [3.8, 4) is 5.75 Å². The molecule has 1 aromatic carbocycles. The average Bonchev–Trinajstić information content (AvgIpc) is 2.26. The molecule has 1 N–H and O–H groups in total. The third-order valence-electron chi connectivity index (χ3n) is 1.79. The van der Waals surface area contributed by atoms with E-state index in [1.165, 1.54) is 6.92 Å². The molecule has 16 heavy (non-hydrogen) atoms. The van der Waals surface area contributed by atoms with Crippen LogP contribution in [0.5, 0.6) is 5.75 Å². The van der Waals surface area contributed by atoms with Crippen molar-refractivity contribution >= 4 is 23.2 Å². The number of carbonyl (C=O) groups excluding carboxylic acids is 1. The van der Waals surface area contributed by atoms with Gasteiger partial charge in [0, 0.05) is 12.8 Å². The lowest BCUT2D eigenvalue weighted by atomic mass is 10.3. The van der Waals surface area contributed by atoms with Gasteiger partial charge in [-0.25, -0.2) is 0 Å². The Balaban J connectivity index is 2.63. The number of halogens is 1. The fraction of sp³-hybridized carbons (Fsp3) is 0.250. The highest BCUT2D eigenvalue weighted by Crippen LogP contribution is 2.23. The number of ether oxygens (including phenoxy) is 1. The Morgan fingerprint density at radius 2 is 2.19 bits per heavy atom. The minimum atomic E-state index is -0.118. The number of hydrogen-bond acceptors (Lipinski definition) is 2. The van der Waals surface area contributed by atoms with Crippen LogP contribution in [0.25, 0.3) is 0 Å². The molecule has 4 heteroatoms. The minimum absolute atomic E-state index is 0.118. The summed E-state index contributed by atoms with van der Waals surface area (Å²) in [4.78, 5) is 10.9. The lowest BCUT2D eigenvalue weighted by molar-refractivity contribution is -0.114. The van der Waals surface area contributed by atoms with E-state index in [0.717, 1.165) is 0 Å². The summed E-state index contributed by atoms with van der Waals surface area (Å²) in [6, 6.07) is 7.29. The molecule has 1 aromatic rings. The molecule has 0 spiro atoms. The maximum absolute atomic E-state index is 10.9. The van der Waals surface area contributed by atoms with E-state index in [9.17, 15) is 4.79 Å². The summed E-state index contributed by atoms with van der Waals surface area (Å²) in [7, 11) is 0. The summed E-state index contributed by atoms with van der Waals surface area (Å²) in [5.41, 5.74) is 0.675. The zero-order valence-electron chi connectivity index (χ0n) is 9.07. The van der Waals surface area contributed by atoms with Gasteiger partial charge in [0.25, 0.3) is 0 Å². The second kappa shape index (κ2) is 6.90. The predicted octanol–water partition coefficient (Wildman–Crippen LogP) is 2.82. The first-order valence-corrected chi connectivity index (χ1v) is 5.48. The van der Waals surface area contributed by atoms with Gasteiger partial charge in [0.15, 0.2) is 0 Å². The Hall–Kier alpha value is -1.48. The molecular formula is C12H14ClNO2. The van der Waals surface area contributed by atoms with Crippen LogP contribution in [0.3, 0.4) is 0 Å². The molecule has 0 heterocycles. The quantitative estimate of drug-likeness (QED) is 0.634. The first-order valence-electron chi connectivity index (χ1n) is 4.94. The van der Waals surface area contributed by atoms with Gasteiger partial charge in [0.2, 0.25) is 5.91 Å². The summed E-state index contributed by atoms with van der Waals surface area (Å²) < 4.78 is 5.48. The highest BCUT2D eigenvalue weighted by atomic mass is 35.5. The number of para-hydroxylation sites is 2. The maximum Gasteiger partial charge on any atom is 0.221 e. The summed E-state index contributed by atoms with van der Waals surface area (Å²) in [6.07, 6.45) is 3.64. The summed E-state index contributed by atoms with van der Waals surface area (Å²) >= 11 is 5.48. The van der Waals surface area contributed by atoms with Crippen molar-refractivity contribution in [2.75, 3.05) is 17.8 Å². The molecule has 1 amide bonds. The Morgan fingerprint density at radius 3 is 2.88 bits per heavy atom. The van der Waals surface area contributed by atoms with Gasteiger partial charge in [-0.2, -0.15) is 0 Å². The van der Waals surface area contributed by atoms with Gasteiger partial charge in [-0.15, -0.1) is 11.6 Å². The third-order valence-corrected chi connectivity index (χ3v) is 1.97. The molecular weight excluding hydrogens is 226 g/mol. The Morgan fingerprint density at radius 1 is 1.44 bits per heavy atom. The summed E-state index contributed by atoms with van der Waals surface area (Å²) in [5.74, 6) is 1.00. The molecule has 0 radical (unpaired) electrons. The van der Waals surface area contributed by atoms with E-state index in [1.807, 2.05) is 24.3 Å². The number of allylic oxidation sites excluding steroid dienone is 1. The molecule has 0 aliphatic rings. The van der Waals surface area contributed by atoms with Crippen molar-refractivity contribution in [3.63, 3.8) is 0 Å². The molecule has 0 bridgehead atoms. The molecule has 0 saturated carbocycles. The van der Waals surface area contributed by atoms with Crippen LogP contribution in [0.1, 0.15) is 6.92 Å². The molecule has 3 nitrogen and oxygen atoms in total. The van der Waals surface area contributed by atoms with Crippen LogP contribution in [-0.2, 0) is 4.79 Å². The fourth-order valence-electron chi connectivity index (χ4n) is 1.15. The number of benzene rings is 1. The van der Waals surface area contributed by atoms with Gasteiger partial charge in [-0.05, 0) is 12.1 Å². The fourth-order valence-corrected chi connectivity index (χ4v) is 1.28. The number of carbonyl (C=O) groups is 1. The van der Waals surface area contributed by atoms with E-state index in [1.54, 1.807) is 12.1 Å². The second-order valence-corrected chi connectivity index (χ2v) is 3.42. The average molecular weight is 240 g/mol. The van der Waals surface area contributed by atoms with Crippen molar-refractivity contribution in [2.45, 2.75) is 6.92 Å². The van der Waals surface area contributed by atoms with E-state index < -0.39 is 0 Å². The second-order valence-electron chi connectivity index (χ2n) is 3.11. The number of anilines is 1. The van der Waals surface area contributed by atoms with Crippen LogP contribution >= 0.6 is 11.6 Å². The highest BCUT2D eigenvalue weighted by molar-refractivity contribution is 6.18. The van der Waals surface area contributed by atoms with Crippen molar-refractivity contribution in [3.05, 3.63) is 36.4 Å². The maximum atomic E-state index is 10.9. The Bertz CT molecular complexity index is 377. The first-order chi connectivity index (χ1) is 7.74. The van der Waals surface area contributed by atoms with E-state index in [0.29, 0.717) is 23.9 Å². The van der Waals surface area contributed by atoms with Gasteiger partial charge in [0.1, 0.15) is 12.4 Å². The van der Waals surface area contributed by atoms with Crippen LogP contribution in [0.4, 0.5) is 5.69 Å². The first kappa shape index (κ1) is 12.6. The van der Waals surface area contributed by atoms with Crippen LogP contribution in [0.2, 0.25) is 0 Å². The van der Waals surface area contributed by atoms with Gasteiger partial charge >= 0.3 is 0 Å². The normalized spacial score (nSPS) is 10.4. The Labute approximate surface area is 100 Å². The highest BCUT2D eigenvalue weighted by Gasteiger charge is 2.02. The SMILES string of the molecule is CC(=O)Nc1ccccc1OCC=CCCl. The van der Waals surface area contributed by atoms with Gasteiger partial charge in [-0.1, -0.05) is 24.3 Å². The standard InChI is InChI=1S/C12H14ClNO2/c1-10(15)14-11-6-2-3-7-12(11)16-9-5-4-8-13/h2-7H,8-9H2,1H3,(H,14,15). The van der Waals surface area contributed by atoms with E-state index in [2.05, 4.69) is 5.32 Å². The van der Waals surface area contributed by atoms with Crippen molar-refractivity contribution in [2.24, 2.45) is 0 Å². The van der Waals surface area contributed by atoms with Gasteiger partial charge in [-0.3, -0.25) is 4.79 Å². The zero-order chi connectivity index (χ0) is 11.8. The molecule has 0 aliphatic carbocycles. The molecule has 0 saturated heterocycles. The van der Waals surface area contributed by atoms with E-state index in [-0.39, 0.29) is 5.91 Å². The number of amides is 1. The largest absolute Gasteiger partial charge is 0.487 e. The van der Waals surface area contributed by atoms with Crippen LogP contribution in [0.15, 0.2) is 36.4 Å². The third kappa shape index (κ3) is 4.36. The van der Waals surface area contributed by atoms with Crippen molar-refractivity contribution in [1.29, 1.82) is 0 Å². The van der Waals surface area contributed by atoms with Crippen LogP contribution in [-0.4, -0.2) is 18.4 Å². The number of nitrogens with one attached hydrogen (secondary N) is 1. The Kier molecular flexibility index (Phi) is 5.43. The van der Waals surface area contributed by atoms with Crippen molar-refractivity contribution in [1.82, 2.24) is 0 Å². The van der Waals surface area contributed by atoms with Gasteiger partial charge < -0.3 is 10.1 Å². The van der Waals surface area contributed by atoms with Crippen molar-refractivity contribution < 1.29 is 9.53 Å². The van der Waals surface area contributed by atoms with Gasteiger partial charge in [0.05, 0.1) is 5.69 Å². The van der Waals surface area contributed by atoms with E-state index in [4.69, 9.17) is 16.3 Å². The summed E-state index contributed by atoms with van der Waals surface area (Å²) in [6.45, 7) is 1.90. The predicted molar refractivity (Wildman–Crippen MR) is 66.1 cm³/mol. The molecule has 0 unspecified atom stereocenters. The van der Waals surface area contributed by atoms with Crippen LogP contribution < -0.4 is 10.1 Å². The summed E-state index contributed by atoms with van der Waals surface area (Å²) in [5, 5.41) is 2.70. The lowest BCUT2D eigenvalue weighted by Gasteiger charge is -2.09. The lowest BCUT2D eigenvalue weighted by Crippen LogP contribution is -2.07. The minimum Gasteiger partial charge on any atom is -0.487 e. The molecule has 0 aromatic heterocycles. The monoisotopic (exact) mass is 239 g/mol. The number of rotatable bonds is 5. The van der Waals surface area contributed by atoms with Crippen LogP contribution in [0, 0.1) is 0 Å². The van der Waals surface area contributed by atoms with E-state index >= 15 is 0 Å². The molecule has 0 aliphatic heterocycles. The molecule has 0 atom stereocenters. The number of hydrogen-bond donors (Lipinski definition) is 1. The molecule has 0 fully saturated rings. The molecule has 86 valence electrons. The molecule has 1 rings (SSSR count). The topological polar surface area (TPSA) is 38.3 Å². The zero-order valence-corrected chi connectivity index (χ0v) is 9.83.